The predicted molar refractivity (Wildman–Crippen MR) is 30.5 cm³/mol. The van der Waals surface area contributed by atoms with Gasteiger partial charge in [0.1, 0.15) is 0 Å². The Morgan fingerprint density at radius 2 is 2.67 bits per heavy atom. The molecule has 1 N–H and O–H groups in total. The van der Waals surface area contributed by atoms with E-state index in [0.717, 1.165) is 6.46 Å². The average molecular weight is 320 g/mol. The zero-order valence-electron chi connectivity index (χ0n) is 2.79. The van der Waals surface area contributed by atoms with E-state index < -0.39 is 0 Å². The van der Waals surface area contributed by atoms with Crippen LogP contribution in [0.15, 0.2) is 4.52 Å². The first-order valence-electron chi connectivity index (χ1n) is 1.10. The molecule has 39 valence electrons. The van der Waals surface area contributed by atoms with Crippen LogP contribution in [0.1, 0.15) is 0 Å². The van der Waals surface area contributed by atoms with Crippen LogP contribution in [-0.2, 0) is 19.3 Å². The number of hydrogen-bond acceptors (Lipinski definition) is 2. The molecule has 0 aliphatic carbocycles. The van der Waals surface area contributed by atoms with Crippen molar-refractivity contribution in [1.29, 1.82) is 0 Å². The van der Waals surface area contributed by atoms with Gasteiger partial charge in [0.15, 0.2) is 0 Å². The van der Waals surface area contributed by atoms with E-state index >= 15 is 0 Å². The fraction of sp³-hybridized carbons (Fsp3) is 0. The monoisotopic (exact) mass is 320 g/mol. The topological polar surface area (TPSA) is 24.4 Å². The molecule has 0 heterocycles. The van der Waals surface area contributed by atoms with Crippen molar-refractivity contribution in [2.75, 3.05) is 0 Å². The second-order valence-electron chi connectivity index (χ2n) is 0.419. The molecule has 0 aromatic rings. The van der Waals surface area contributed by atoms with Gasteiger partial charge in [-0.15, -0.1) is 0 Å². The van der Waals surface area contributed by atoms with E-state index in [2.05, 4.69) is 38.1 Å². The summed E-state index contributed by atoms with van der Waals surface area (Å²) in [5.74, 6) is 0. The summed E-state index contributed by atoms with van der Waals surface area (Å²) in [4.78, 5) is 2.84. The van der Waals surface area contributed by atoms with Gasteiger partial charge in [0.25, 0.3) is 0 Å². The first-order valence-corrected chi connectivity index (χ1v) is 6.36. The molecule has 2 unspecified atom stereocenters. The quantitative estimate of drug-likeness (QED) is 0.766. The minimum absolute atomic E-state index is 0.534. The van der Waals surface area contributed by atoms with Crippen LogP contribution in [0.25, 0.3) is 0 Å². The molecule has 0 saturated heterocycles. The van der Waals surface area contributed by atoms with Gasteiger partial charge in [0.05, 0.1) is 0 Å². The van der Waals surface area contributed by atoms with Gasteiger partial charge in [-0.25, -0.2) is 0 Å². The third kappa shape index (κ3) is 5.61. The van der Waals surface area contributed by atoms with Crippen LogP contribution >= 0.6 is 24.7 Å². The molecule has 0 aliphatic heterocycles. The van der Waals surface area contributed by atoms with E-state index in [-0.39, 0.29) is 0 Å². The number of nitrogens with one attached hydrogen (secondary N) is 1. The van der Waals surface area contributed by atoms with E-state index in [1.54, 1.807) is 0 Å². The molecule has 0 aliphatic rings. The fourth-order valence-electron chi connectivity index (χ4n) is 0.0447. The van der Waals surface area contributed by atoms with Gasteiger partial charge in [-0.2, -0.15) is 0 Å². The summed E-state index contributed by atoms with van der Waals surface area (Å²) >= 11 is 2.16. The second-order valence-corrected chi connectivity index (χ2v) is 4.09. The second kappa shape index (κ2) is 6.61. The molecule has 0 amide bonds. The van der Waals surface area contributed by atoms with Gasteiger partial charge < -0.3 is 0 Å². The molecule has 6 heteroatoms. The van der Waals surface area contributed by atoms with Crippen LogP contribution in [0, 0.1) is 0 Å². The van der Waals surface area contributed by atoms with Crippen molar-refractivity contribution >= 4 is 24.7 Å². The Morgan fingerprint density at radius 1 is 2.00 bits per heavy atom. The van der Waals surface area contributed by atoms with E-state index in [1.807, 2.05) is 0 Å². The molecule has 0 fully saturated rings. The van der Waals surface area contributed by atoms with Crippen molar-refractivity contribution in [2.24, 2.45) is 4.52 Å². The van der Waals surface area contributed by atoms with E-state index in [9.17, 15) is 0 Å². The minimum atomic E-state index is 0.534. The molecular weight excluding hydrogens is 316 g/mol. The molecule has 0 rings (SSSR count). The van der Waals surface area contributed by atoms with Gasteiger partial charge in [0, 0.05) is 0 Å². The van der Waals surface area contributed by atoms with Gasteiger partial charge in [-0.3, -0.25) is 0 Å². The Labute approximate surface area is 53.6 Å². The summed E-state index contributed by atoms with van der Waals surface area (Å²) in [5.41, 5.74) is 0. The molecule has 0 aromatic carbocycles. The van der Waals surface area contributed by atoms with Gasteiger partial charge in [-0.1, -0.05) is 0 Å². The molecule has 0 bridgehead atoms. The zero-order chi connectivity index (χ0) is 4.83. The Bertz CT molecular complexity index is 44.1. The molecule has 2 nitrogen and oxygen atoms in total. The third-order valence-corrected chi connectivity index (χ3v) is 3.36. The maximum atomic E-state index is 3.95. The summed E-state index contributed by atoms with van der Waals surface area (Å²) in [7, 11) is 2.92. The number of hydrogen-bond donors (Lipinski definition) is 1. The molecule has 6 heavy (non-hydrogen) atoms. The average Bonchev–Trinajstić information content (AvgIpc) is 1.61. The van der Waals surface area contributed by atoms with Crippen LogP contribution < -0.4 is 4.86 Å². The van der Waals surface area contributed by atoms with Crippen molar-refractivity contribution in [2.45, 2.75) is 0 Å². The summed E-state index contributed by atoms with van der Waals surface area (Å²) in [6.07, 6.45) is 0. The van der Waals surface area contributed by atoms with Gasteiger partial charge in [-0.05, 0) is 0 Å². The SMILES string of the molecule is PNPN=[P][Pt]. The standard InChI is InChI=1S/H4N2P3.Pt/c3-1-5-2-4;/h1,5H,3H2;/q-1;+1. The van der Waals surface area contributed by atoms with Gasteiger partial charge in [0.2, 0.25) is 0 Å². The van der Waals surface area contributed by atoms with Crippen LogP contribution in [0.3, 0.4) is 0 Å². The Balaban J connectivity index is 2.66. The summed E-state index contributed by atoms with van der Waals surface area (Å²) < 4.78 is 3.95. The first kappa shape index (κ1) is 7.61. The van der Waals surface area contributed by atoms with Crippen molar-refractivity contribution in [3.63, 3.8) is 0 Å². The Morgan fingerprint density at radius 3 is 2.83 bits per heavy atom. The normalized spacial score (nSPS) is 12.5. The van der Waals surface area contributed by atoms with Crippen LogP contribution in [0.2, 0.25) is 0 Å². The van der Waals surface area contributed by atoms with Crippen molar-refractivity contribution in [3.8, 4) is 0 Å². The first-order chi connectivity index (χ1) is 2.91. The number of rotatable bonds is 2. The van der Waals surface area contributed by atoms with Crippen molar-refractivity contribution < 1.29 is 19.3 Å². The van der Waals surface area contributed by atoms with Crippen LogP contribution in [-0.4, -0.2) is 0 Å². The molecule has 0 saturated carbocycles. The summed E-state index contributed by atoms with van der Waals surface area (Å²) in [6, 6.07) is 0. The molecule has 2 atom stereocenters. The van der Waals surface area contributed by atoms with E-state index in [1.165, 1.54) is 0 Å². The van der Waals surface area contributed by atoms with E-state index in [4.69, 9.17) is 0 Å². The number of nitrogens with zero attached hydrogens (tertiary/aromatic N) is 1. The summed E-state index contributed by atoms with van der Waals surface area (Å²) in [6.45, 7) is 1.08. The predicted octanol–water partition coefficient (Wildman–Crippen LogP) is 1.47. The van der Waals surface area contributed by atoms with E-state index in [0.29, 0.717) is 8.88 Å². The van der Waals surface area contributed by atoms with Crippen LogP contribution in [0.4, 0.5) is 0 Å². The van der Waals surface area contributed by atoms with Crippen molar-refractivity contribution in [3.05, 3.63) is 0 Å². The summed E-state index contributed by atoms with van der Waals surface area (Å²) in [5, 5.41) is 0. The Hall–Kier alpha value is 1.61. The molecular formula is H4N2P3Pt. The van der Waals surface area contributed by atoms with Crippen molar-refractivity contribution in [1.82, 2.24) is 4.86 Å². The van der Waals surface area contributed by atoms with Gasteiger partial charge >= 0.3 is 53.4 Å². The maximum absolute atomic E-state index is 3.95. The fourth-order valence-corrected chi connectivity index (χ4v) is 1.94. The molecule has 0 radical (unpaired) electrons. The zero-order valence-corrected chi connectivity index (χ0v) is 8.11. The third-order valence-electron chi connectivity index (χ3n) is 0.146. The Kier molecular flexibility index (Phi) is 8.38. The van der Waals surface area contributed by atoms with Crippen LogP contribution in [0.5, 0.6) is 0 Å². The molecule has 0 aromatic heterocycles. The molecule has 0 spiro atoms.